The predicted molar refractivity (Wildman–Crippen MR) is 151 cm³/mol. The number of hydrogen-bond acceptors (Lipinski definition) is 14. The van der Waals surface area contributed by atoms with E-state index in [1.807, 2.05) is 24.3 Å². The molecule has 2 aliphatic heterocycles. The summed E-state index contributed by atoms with van der Waals surface area (Å²) in [6.07, 6.45) is 0. The second-order valence-corrected chi connectivity index (χ2v) is 9.25. The van der Waals surface area contributed by atoms with Gasteiger partial charge >= 0.3 is 0 Å². The van der Waals surface area contributed by atoms with Gasteiger partial charge in [0.15, 0.2) is 34.7 Å². The molecular formula is C32H8N14. The van der Waals surface area contributed by atoms with Crippen molar-refractivity contribution < 1.29 is 0 Å². The summed E-state index contributed by atoms with van der Waals surface area (Å²) in [5.41, 5.74) is 0.743. The smallest absolute Gasteiger partial charge is 0.182 e. The third kappa shape index (κ3) is 4.62. The van der Waals surface area contributed by atoms with Crippen molar-refractivity contribution in [3.05, 3.63) is 115 Å². The van der Waals surface area contributed by atoms with E-state index >= 15 is 0 Å². The zero-order chi connectivity index (χ0) is 32.4. The number of benzene rings is 3. The van der Waals surface area contributed by atoms with Gasteiger partial charge in [0, 0.05) is 11.1 Å². The van der Waals surface area contributed by atoms with Crippen molar-refractivity contribution in [3.8, 4) is 65.3 Å². The maximum atomic E-state index is 10.3. The zero-order valence-corrected chi connectivity index (χ0v) is 22.9. The summed E-state index contributed by atoms with van der Waals surface area (Å²) in [7, 11) is 0. The number of allylic oxidation sites excluding steroid dienone is 2. The first-order chi connectivity index (χ1) is 22.4. The van der Waals surface area contributed by atoms with Gasteiger partial charge in [0.2, 0.25) is 0 Å². The molecule has 14 heteroatoms. The zero-order valence-electron chi connectivity index (χ0n) is 22.9. The highest BCUT2D eigenvalue weighted by Crippen LogP contribution is 2.26. The number of nitrogens with zero attached hydrogens (tertiary/aromatic N) is 14. The summed E-state index contributed by atoms with van der Waals surface area (Å²) in [4.78, 5) is 30.8. The summed E-state index contributed by atoms with van der Waals surface area (Å²) in [5.74, 6) is -0.291. The van der Waals surface area contributed by atoms with E-state index < -0.39 is 0 Å². The lowest BCUT2D eigenvalue weighted by atomic mass is 10.1. The van der Waals surface area contributed by atoms with E-state index in [-0.39, 0.29) is 83.9 Å². The van der Waals surface area contributed by atoms with Gasteiger partial charge in [-0.25, -0.2) is 34.9 Å². The van der Waals surface area contributed by atoms with Gasteiger partial charge < -0.3 is 0 Å². The van der Waals surface area contributed by atoms with E-state index in [1.54, 1.807) is 36.4 Å². The Kier molecular flexibility index (Phi) is 6.81. The molecule has 0 radical (unpaired) electrons. The van der Waals surface area contributed by atoms with Crippen LogP contribution in [0.5, 0.6) is 0 Å². The third-order valence-corrected chi connectivity index (χ3v) is 6.68. The molecule has 206 valence electrons. The van der Waals surface area contributed by atoms with E-state index in [0.29, 0.717) is 11.1 Å². The first kappa shape index (κ1) is 27.9. The number of fused-ring (bicyclic) bond motifs is 2. The molecule has 0 atom stereocenters. The van der Waals surface area contributed by atoms with Crippen molar-refractivity contribution in [2.24, 2.45) is 20.0 Å². The molecule has 46 heavy (non-hydrogen) atoms. The SMILES string of the molecule is N#CC(C#N)=C1N=c2ccc(-c3nc(C(C#N)=C4N=c5cc(C#N)c(C#N)cc5=N4)nc(-c4ccc(C#N)cc4)n3)c(C#N)c2=N1. The fourth-order valence-electron chi connectivity index (χ4n) is 4.50. The fourth-order valence-corrected chi connectivity index (χ4v) is 4.50. The highest BCUT2D eigenvalue weighted by Gasteiger charge is 2.22. The molecule has 3 aromatic carbocycles. The van der Waals surface area contributed by atoms with Crippen LogP contribution < -0.4 is 21.4 Å². The van der Waals surface area contributed by atoms with E-state index in [4.69, 9.17) is 0 Å². The minimum absolute atomic E-state index is 0.00344. The van der Waals surface area contributed by atoms with Crippen molar-refractivity contribution >= 4 is 5.57 Å². The molecule has 1 aromatic heterocycles. The second kappa shape index (κ2) is 11.2. The minimum atomic E-state index is -0.327. The average Bonchev–Trinajstić information content (AvgIpc) is 3.72. The molecule has 0 amide bonds. The molecule has 3 heterocycles. The molecule has 0 aliphatic carbocycles. The molecule has 14 nitrogen and oxygen atoms in total. The fraction of sp³-hybridized carbons (Fsp3) is 0. The summed E-state index contributed by atoms with van der Waals surface area (Å²) in [5, 5.41) is 67.9. The second-order valence-electron chi connectivity index (χ2n) is 9.25. The maximum Gasteiger partial charge on any atom is 0.182 e. The Labute approximate surface area is 257 Å². The van der Waals surface area contributed by atoms with Gasteiger partial charge in [-0.1, -0.05) is 0 Å². The Morgan fingerprint density at radius 1 is 0.543 bits per heavy atom. The lowest BCUT2D eigenvalue weighted by Gasteiger charge is -2.09. The van der Waals surface area contributed by atoms with Crippen LogP contribution in [0, 0.1) is 79.3 Å². The van der Waals surface area contributed by atoms with Gasteiger partial charge in [0.05, 0.1) is 44.4 Å². The van der Waals surface area contributed by atoms with E-state index in [9.17, 15) is 36.8 Å². The number of nitriles is 7. The van der Waals surface area contributed by atoms with Crippen LogP contribution in [-0.4, -0.2) is 15.0 Å². The van der Waals surface area contributed by atoms with Gasteiger partial charge in [-0.3, -0.25) is 0 Å². The molecular weight excluding hydrogens is 580 g/mol. The topological polar surface area (TPSA) is 255 Å². The van der Waals surface area contributed by atoms with Gasteiger partial charge in [0.1, 0.15) is 47.3 Å². The van der Waals surface area contributed by atoms with Crippen molar-refractivity contribution in [2.45, 2.75) is 0 Å². The third-order valence-electron chi connectivity index (χ3n) is 6.68. The molecule has 0 fully saturated rings. The summed E-state index contributed by atoms with van der Waals surface area (Å²) in [6.45, 7) is 0. The van der Waals surface area contributed by atoms with Crippen LogP contribution in [0.4, 0.5) is 0 Å². The molecule has 0 bridgehead atoms. The van der Waals surface area contributed by atoms with Crippen molar-refractivity contribution in [2.75, 3.05) is 0 Å². The Morgan fingerprint density at radius 3 is 1.74 bits per heavy atom. The first-order valence-corrected chi connectivity index (χ1v) is 12.8. The van der Waals surface area contributed by atoms with Gasteiger partial charge in [-0.05, 0) is 48.5 Å². The molecule has 6 rings (SSSR count). The van der Waals surface area contributed by atoms with Gasteiger partial charge in [-0.2, -0.15) is 36.8 Å². The number of hydrogen-bond donors (Lipinski definition) is 0. The first-order valence-electron chi connectivity index (χ1n) is 12.8. The summed E-state index contributed by atoms with van der Waals surface area (Å²) in [6, 6.07) is 25.6. The summed E-state index contributed by atoms with van der Waals surface area (Å²) >= 11 is 0. The van der Waals surface area contributed by atoms with Crippen LogP contribution in [0.15, 0.2) is 85.7 Å². The lowest BCUT2D eigenvalue weighted by Crippen LogP contribution is -2.25. The Bertz CT molecular complexity index is 2630. The highest BCUT2D eigenvalue weighted by molar-refractivity contribution is 5.78. The molecule has 4 aromatic rings. The van der Waals surface area contributed by atoms with Crippen LogP contribution in [0.25, 0.3) is 28.3 Å². The van der Waals surface area contributed by atoms with E-state index in [1.165, 1.54) is 24.3 Å². The molecule has 0 unspecified atom stereocenters. The largest absolute Gasteiger partial charge is 0.226 e. The van der Waals surface area contributed by atoms with Crippen molar-refractivity contribution in [1.82, 2.24) is 15.0 Å². The average molecular weight is 589 g/mol. The van der Waals surface area contributed by atoms with Crippen molar-refractivity contribution in [3.63, 3.8) is 0 Å². The monoisotopic (exact) mass is 588 g/mol. The van der Waals surface area contributed by atoms with E-state index in [2.05, 4.69) is 41.0 Å². The van der Waals surface area contributed by atoms with E-state index in [0.717, 1.165) is 0 Å². The molecule has 0 N–H and O–H groups in total. The van der Waals surface area contributed by atoms with Crippen molar-refractivity contribution in [1.29, 1.82) is 36.8 Å². The molecule has 2 aliphatic rings. The van der Waals surface area contributed by atoms with Crippen LogP contribution in [0.2, 0.25) is 0 Å². The Balaban J connectivity index is 1.62. The minimum Gasteiger partial charge on any atom is -0.226 e. The predicted octanol–water partition coefficient (Wildman–Crippen LogP) is 1.35. The number of aromatic nitrogens is 3. The highest BCUT2D eigenvalue weighted by atomic mass is 15.1. The lowest BCUT2D eigenvalue weighted by molar-refractivity contribution is 1.03. The molecule has 0 saturated heterocycles. The quantitative estimate of drug-likeness (QED) is 0.310. The van der Waals surface area contributed by atoms with Crippen LogP contribution in [0.3, 0.4) is 0 Å². The Hall–Kier alpha value is -8.22. The normalized spacial score (nSPS) is 11.5. The standard InChI is InChI=1S/C32H8N14/c33-9-16-1-3-17(4-2-16)28-44-30(21-5-6-24-27(22(21)14-38)43-29(40-24)20(12-36)13-37)46-32(45-28)23(15-39)31-41-25-7-18(10-34)19(11-35)8-26(25)42-31/h1-8H. The number of rotatable bonds is 3. The molecule has 0 saturated carbocycles. The maximum absolute atomic E-state index is 10.3. The van der Waals surface area contributed by atoms with Gasteiger partial charge in [-0.15, -0.1) is 0 Å². The summed E-state index contributed by atoms with van der Waals surface area (Å²) < 4.78 is 0. The van der Waals surface area contributed by atoms with Gasteiger partial charge in [0.25, 0.3) is 0 Å². The molecule has 0 spiro atoms. The van der Waals surface area contributed by atoms with Crippen LogP contribution in [-0.2, 0) is 0 Å². The van der Waals surface area contributed by atoms with Crippen LogP contribution >= 0.6 is 0 Å². The Morgan fingerprint density at radius 2 is 1.17 bits per heavy atom. The van der Waals surface area contributed by atoms with Crippen LogP contribution in [0.1, 0.15) is 28.1 Å².